The van der Waals surface area contributed by atoms with Gasteiger partial charge in [-0.25, -0.2) is 0 Å². The number of carbonyl (C=O) groups is 1. The Morgan fingerprint density at radius 1 is 1.29 bits per heavy atom. The second kappa shape index (κ2) is 7.33. The number of hydrogen-bond acceptors (Lipinski definition) is 4. The van der Waals surface area contributed by atoms with Gasteiger partial charge < -0.3 is 15.8 Å². The van der Waals surface area contributed by atoms with Gasteiger partial charge in [0.1, 0.15) is 6.04 Å². The Bertz CT molecular complexity index is 645. The summed E-state index contributed by atoms with van der Waals surface area (Å²) in [6, 6.07) is 8.08. The first kappa shape index (κ1) is 16.9. The quantitative estimate of drug-likeness (QED) is 0.879. The molecule has 0 saturated carbocycles. The molecule has 1 heterocycles. The van der Waals surface area contributed by atoms with Crippen molar-refractivity contribution in [3.63, 3.8) is 0 Å². The molecule has 0 unspecified atom stereocenters. The predicted molar refractivity (Wildman–Crippen MR) is 91.3 cm³/mol. The SMILES string of the molecule is N#C[C@H](Cc1ccc2c(c1)CCCC2)NC(=O)C1(N)CCOCC1. The third-order valence-electron chi connectivity index (χ3n) is 5.15. The molecule has 1 amide bonds. The summed E-state index contributed by atoms with van der Waals surface area (Å²) in [6.07, 6.45) is 6.25. The van der Waals surface area contributed by atoms with Gasteiger partial charge in [-0.1, -0.05) is 18.2 Å². The molecule has 2 aliphatic rings. The van der Waals surface area contributed by atoms with E-state index in [1.807, 2.05) is 0 Å². The number of ether oxygens (including phenoxy) is 1. The van der Waals surface area contributed by atoms with E-state index in [2.05, 4.69) is 29.6 Å². The fourth-order valence-corrected chi connectivity index (χ4v) is 3.54. The van der Waals surface area contributed by atoms with E-state index >= 15 is 0 Å². The van der Waals surface area contributed by atoms with Gasteiger partial charge in [-0.2, -0.15) is 5.26 Å². The molecule has 3 rings (SSSR count). The minimum atomic E-state index is -0.913. The lowest BCUT2D eigenvalue weighted by Gasteiger charge is -2.32. The molecule has 1 fully saturated rings. The molecule has 128 valence electrons. The molecule has 0 radical (unpaired) electrons. The minimum absolute atomic E-state index is 0.240. The molecule has 1 aromatic carbocycles. The number of aryl methyl sites for hydroxylation is 2. The first-order valence-electron chi connectivity index (χ1n) is 8.79. The molecule has 1 aliphatic carbocycles. The van der Waals surface area contributed by atoms with Crippen molar-refractivity contribution in [1.82, 2.24) is 5.32 Å². The Hall–Kier alpha value is -1.90. The van der Waals surface area contributed by atoms with Crippen LogP contribution in [0.15, 0.2) is 18.2 Å². The van der Waals surface area contributed by atoms with Crippen molar-refractivity contribution < 1.29 is 9.53 Å². The summed E-state index contributed by atoms with van der Waals surface area (Å²) in [5.74, 6) is -0.240. The van der Waals surface area contributed by atoms with Crippen molar-refractivity contribution in [2.24, 2.45) is 5.73 Å². The summed E-state index contributed by atoms with van der Waals surface area (Å²) in [5, 5.41) is 12.3. The summed E-state index contributed by atoms with van der Waals surface area (Å²) in [4.78, 5) is 12.5. The van der Waals surface area contributed by atoms with E-state index < -0.39 is 11.6 Å². The lowest BCUT2D eigenvalue weighted by molar-refractivity contribution is -0.130. The van der Waals surface area contributed by atoms with Gasteiger partial charge in [-0.15, -0.1) is 0 Å². The average Bonchev–Trinajstić information content (AvgIpc) is 2.61. The molecular weight excluding hydrogens is 302 g/mol. The standard InChI is InChI=1S/C19H25N3O2/c20-13-17(22-18(23)19(21)7-9-24-10-8-19)12-14-5-6-15-3-1-2-4-16(15)11-14/h5-6,11,17H,1-4,7-10,12,21H2,(H,22,23)/t17-/m0/s1. The number of amides is 1. The predicted octanol–water partition coefficient (Wildman–Crippen LogP) is 1.62. The van der Waals surface area contributed by atoms with Crippen molar-refractivity contribution in [3.05, 3.63) is 34.9 Å². The van der Waals surface area contributed by atoms with Gasteiger partial charge in [0.2, 0.25) is 5.91 Å². The van der Waals surface area contributed by atoms with Crippen molar-refractivity contribution in [2.45, 2.75) is 56.5 Å². The molecule has 1 saturated heterocycles. The zero-order valence-electron chi connectivity index (χ0n) is 14.0. The van der Waals surface area contributed by atoms with Crippen LogP contribution in [0.4, 0.5) is 0 Å². The molecule has 0 bridgehead atoms. The van der Waals surface area contributed by atoms with Gasteiger partial charge in [0.05, 0.1) is 11.6 Å². The van der Waals surface area contributed by atoms with Crippen LogP contribution in [0.1, 0.15) is 42.4 Å². The van der Waals surface area contributed by atoms with Gasteiger partial charge in [0.25, 0.3) is 0 Å². The van der Waals surface area contributed by atoms with Gasteiger partial charge in [0, 0.05) is 19.6 Å². The van der Waals surface area contributed by atoms with Crippen LogP contribution < -0.4 is 11.1 Å². The van der Waals surface area contributed by atoms with Crippen LogP contribution in [0.3, 0.4) is 0 Å². The van der Waals surface area contributed by atoms with Crippen LogP contribution in [0, 0.1) is 11.3 Å². The zero-order valence-corrected chi connectivity index (χ0v) is 14.0. The van der Waals surface area contributed by atoms with Crippen molar-refractivity contribution >= 4 is 5.91 Å². The summed E-state index contributed by atoms with van der Waals surface area (Å²) in [6.45, 7) is 0.984. The van der Waals surface area contributed by atoms with E-state index in [1.54, 1.807) is 0 Å². The monoisotopic (exact) mass is 327 g/mol. The fraction of sp³-hybridized carbons (Fsp3) is 0.579. The maximum absolute atomic E-state index is 12.5. The second-order valence-corrected chi connectivity index (χ2v) is 6.94. The molecule has 5 nitrogen and oxygen atoms in total. The van der Waals surface area contributed by atoms with E-state index in [1.165, 1.54) is 24.0 Å². The van der Waals surface area contributed by atoms with E-state index in [0.717, 1.165) is 18.4 Å². The number of nitrogens with one attached hydrogen (secondary N) is 1. The first-order chi connectivity index (χ1) is 11.6. The van der Waals surface area contributed by atoms with Crippen LogP contribution in [-0.2, 0) is 28.8 Å². The van der Waals surface area contributed by atoms with Crippen molar-refractivity contribution in [1.29, 1.82) is 5.26 Å². The highest BCUT2D eigenvalue weighted by Crippen LogP contribution is 2.23. The summed E-state index contributed by atoms with van der Waals surface area (Å²) >= 11 is 0. The third kappa shape index (κ3) is 3.77. The maximum atomic E-state index is 12.5. The maximum Gasteiger partial charge on any atom is 0.241 e. The van der Waals surface area contributed by atoms with Crippen LogP contribution in [-0.4, -0.2) is 30.7 Å². The molecule has 0 spiro atoms. The highest BCUT2D eigenvalue weighted by atomic mass is 16.5. The number of fused-ring (bicyclic) bond motifs is 1. The van der Waals surface area contributed by atoms with E-state index in [4.69, 9.17) is 10.5 Å². The summed E-state index contributed by atoms with van der Waals surface area (Å²) in [5.41, 5.74) is 9.19. The average molecular weight is 327 g/mol. The number of benzene rings is 1. The Morgan fingerprint density at radius 3 is 2.71 bits per heavy atom. The molecule has 5 heteroatoms. The number of hydrogen-bond donors (Lipinski definition) is 2. The third-order valence-corrected chi connectivity index (χ3v) is 5.15. The molecule has 0 aromatic heterocycles. The minimum Gasteiger partial charge on any atom is -0.381 e. The van der Waals surface area contributed by atoms with Gasteiger partial charge >= 0.3 is 0 Å². The Labute approximate surface area is 143 Å². The summed E-state index contributed by atoms with van der Waals surface area (Å²) < 4.78 is 5.27. The van der Waals surface area contributed by atoms with Crippen LogP contribution in [0.25, 0.3) is 0 Å². The first-order valence-corrected chi connectivity index (χ1v) is 8.79. The molecule has 24 heavy (non-hydrogen) atoms. The number of rotatable bonds is 4. The fourth-order valence-electron chi connectivity index (χ4n) is 3.54. The normalized spacial score (nSPS) is 20.5. The van der Waals surface area contributed by atoms with Gasteiger partial charge in [0.15, 0.2) is 0 Å². The highest BCUT2D eigenvalue weighted by molar-refractivity contribution is 5.86. The number of nitriles is 1. The smallest absolute Gasteiger partial charge is 0.241 e. The second-order valence-electron chi connectivity index (χ2n) is 6.94. The number of carbonyl (C=O) groups excluding carboxylic acids is 1. The molecule has 3 N–H and O–H groups in total. The van der Waals surface area contributed by atoms with Crippen LogP contribution in [0.5, 0.6) is 0 Å². The Kier molecular flexibility index (Phi) is 5.17. The van der Waals surface area contributed by atoms with Gasteiger partial charge in [-0.05, 0) is 55.2 Å². The van der Waals surface area contributed by atoms with Crippen LogP contribution >= 0.6 is 0 Å². The molecular formula is C19H25N3O2. The van der Waals surface area contributed by atoms with Gasteiger partial charge in [-0.3, -0.25) is 4.79 Å². The van der Waals surface area contributed by atoms with Crippen molar-refractivity contribution in [3.8, 4) is 6.07 Å². The molecule has 1 aliphatic heterocycles. The topological polar surface area (TPSA) is 88.1 Å². The van der Waals surface area contributed by atoms with Crippen LogP contribution in [0.2, 0.25) is 0 Å². The zero-order chi connectivity index (χ0) is 17.0. The number of nitrogens with two attached hydrogens (primary N) is 1. The molecule has 1 atom stereocenters. The van der Waals surface area contributed by atoms with E-state index in [0.29, 0.717) is 32.5 Å². The highest BCUT2D eigenvalue weighted by Gasteiger charge is 2.36. The Morgan fingerprint density at radius 2 is 2.00 bits per heavy atom. The Balaban J connectivity index is 1.64. The lowest BCUT2D eigenvalue weighted by Crippen LogP contribution is -2.58. The lowest BCUT2D eigenvalue weighted by atomic mass is 9.88. The van der Waals surface area contributed by atoms with E-state index in [-0.39, 0.29) is 5.91 Å². The molecule has 1 aromatic rings. The largest absolute Gasteiger partial charge is 0.381 e. The number of nitrogens with zero attached hydrogens (tertiary/aromatic N) is 1. The summed E-state index contributed by atoms with van der Waals surface area (Å²) in [7, 11) is 0. The van der Waals surface area contributed by atoms with E-state index in [9.17, 15) is 10.1 Å². The van der Waals surface area contributed by atoms with Crippen molar-refractivity contribution in [2.75, 3.05) is 13.2 Å².